The van der Waals surface area contributed by atoms with E-state index in [1.54, 1.807) is 0 Å². The molecule has 0 saturated heterocycles. The molecule has 0 amide bonds. The van der Waals surface area contributed by atoms with Gasteiger partial charge in [-0.1, -0.05) is 22.0 Å². The fraction of sp³-hybridized carbons (Fsp3) is 0.500. The normalized spacial score (nSPS) is 15.7. The van der Waals surface area contributed by atoms with Crippen molar-refractivity contribution < 1.29 is 13.0 Å². The van der Waals surface area contributed by atoms with E-state index in [-0.39, 0.29) is 18.2 Å². The molecule has 1 heterocycles. The predicted octanol–water partition coefficient (Wildman–Crippen LogP) is 2.51. The van der Waals surface area contributed by atoms with E-state index in [0.29, 0.717) is 13.0 Å². The molecule has 0 saturated carbocycles. The third-order valence-corrected chi connectivity index (χ3v) is 4.43. The smallest absolute Gasteiger partial charge is 0.264 e. The average molecular weight is 371 g/mol. The summed E-state index contributed by atoms with van der Waals surface area (Å²) in [6.07, 6.45) is 1.47. The summed E-state index contributed by atoms with van der Waals surface area (Å²) in [6.45, 7) is 2.49. The summed E-state index contributed by atoms with van der Waals surface area (Å²) in [6, 6.07) is 6.30. The second-order valence-electron chi connectivity index (χ2n) is 4.58. The molecule has 19 heavy (non-hydrogen) atoms. The van der Waals surface area contributed by atoms with Crippen LogP contribution in [-0.4, -0.2) is 36.7 Å². The van der Waals surface area contributed by atoms with E-state index >= 15 is 0 Å². The van der Waals surface area contributed by atoms with E-state index in [9.17, 15) is 8.42 Å². The summed E-state index contributed by atoms with van der Waals surface area (Å²) < 4.78 is 31.1. The summed E-state index contributed by atoms with van der Waals surface area (Å²) in [5.41, 5.74) is 2.66. The Kier molecular flexibility index (Phi) is 6.26. The Morgan fingerprint density at radius 1 is 1.32 bits per heavy atom. The summed E-state index contributed by atoms with van der Waals surface area (Å²) >= 11 is 3.46. The van der Waals surface area contributed by atoms with Gasteiger partial charge in [0.25, 0.3) is 10.1 Å². The maximum absolute atomic E-state index is 10.6. The monoisotopic (exact) mass is 369 g/mol. The molecule has 0 atom stereocenters. The van der Waals surface area contributed by atoms with Crippen molar-refractivity contribution in [2.45, 2.75) is 19.4 Å². The zero-order valence-electron chi connectivity index (χ0n) is 10.4. The molecule has 108 valence electrons. The molecular weight excluding hydrogens is 354 g/mol. The van der Waals surface area contributed by atoms with E-state index in [4.69, 9.17) is 4.55 Å². The molecule has 0 radical (unpaired) electrons. The lowest BCUT2D eigenvalue weighted by Gasteiger charge is -2.28. The van der Waals surface area contributed by atoms with Crippen LogP contribution in [0.15, 0.2) is 22.7 Å². The lowest BCUT2D eigenvalue weighted by molar-refractivity contribution is 0.254. The fourth-order valence-electron chi connectivity index (χ4n) is 2.25. The minimum absolute atomic E-state index is 0. The van der Waals surface area contributed by atoms with E-state index in [0.717, 1.165) is 24.0 Å². The first-order valence-corrected chi connectivity index (χ1v) is 8.29. The maximum Gasteiger partial charge on any atom is 0.264 e. The first-order valence-electron chi connectivity index (χ1n) is 5.89. The Morgan fingerprint density at radius 2 is 2.05 bits per heavy atom. The fourth-order valence-corrected chi connectivity index (χ4v) is 3.15. The summed E-state index contributed by atoms with van der Waals surface area (Å²) in [7, 11) is -3.83. The van der Waals surface area contributed by atoms with Crippen LogP contribution in [0, 0.1) is 0 Å². The van der Waals surface area contributed by atoms with Gasteiger partial charge in [-0.2, -0.15) is 8.42 Å². The van der Waals surface area contributed by atoms with Crippen molar-refractivity contribution in [3.63, 3.8) is 0 Å². The second kappa shape index (κ2) is 7.04. The predicted molar refractivity (Wildman–Crippen MR) is 81.4 cm³/mol. The molecule has 4 nitrogen and oxygen atoms in total. The Hall–Kier alpha value is -0.140. The summed E-state index contributed by atoms with van der Waals surface area (Å²) in [5.74, 6) is -0.158. The number of rotatable bonds is 4. The Balaban J connectivity index is 0.00000180. The molecule has 1 aromatic rings. The largest absolute Gasteiger partial charge is 0.299 e. The molecule has 7 heteroatoms. The number of nitrogens with zero attached hydrogens (tertiary/aromatic N) is 1. The minimum atomic E-state index is -3.83. The van der Waals surface area contributed by atoms with Crippen molar-refractivity contribution in [1.82, 2.24) is 4.90 Å². The van der Waals surface area contributed by atoms with Crippen molar-refractivity contribution in [3.05, 3.63) is 33.8 Å². The first kappa shape index (κ1) is 16.9. The van der Waals surface area contributed by atoms with Crippen LogP contribution in [0.5, 0.6) is 0 Å². The van der Waals surface area contributed by atoms with Crippen LogP contribution in [0.1, 0.15) is 17.5 Å². The lowest BCUT2D eigenvalue weighted by atomic mass is 10.00. The molecule has 1 aliphatic heterocycles. The van der Waals surface area contributed by atoms with E-state index < -0.39 is 10.1 Å². The standard InChI is InChI=1S/C12H16BrNO3S.ClH/c13-12-3-2-10-4-6-14(9-11(10)8-12)5-1-7-18(15,16)17;/h2-3,8H,1,4-7,9H2,(H,15,16,17);1H. The summed E-state index contributed by atoms with van der Waals surface area (Å²) in [4.78, 5) is 2.22. The van der Waals surface area contributed by atoms with Crippen LogP contribution >= 0.6 is 28.3 Å². The van der Waals surface area contributed by atoms with Crippen LogP contribution < -0.4 is 0 Å². The molecule has 0 aliphatic carbocycles. The number of benzene rings is 1. The highest BCUT2D eigenvalue weighted by Gasteiger charge is 2.16. The minimum Gasteiger partial charge on any atom is -0.299 e. The van der Waals surface area contributed by atoms with Gasteiger partial charge >= 0.3 is 0 Å². The molecule has 2 rings (SSSR count). The molecule has 0 aromatic heterocycles. The number of halogens is 2. The highest BCUT2D eigenvalue weighted by molar-refractivity contribution is 9.10. The average Bonchev–Trinajstić information content (AvgIpc) is 2.26. The Morgan fingerprint density at radius 3 is 2.74 bits per heavy atom. The first-order chi connectivity index (χ1) is 8.44. The van der Waals surface area contributed by atoms with E-state index in [1.807, 2.05) is 6.07 Å². The van der Waals surface area contributed by atoms with Crippen molar-refractivity contribution in [2.24, 2.45) is 0 Å². The van der Waals surface area contributed by atoms with Crippen molar-refractivity contribution >= 4 is 38.5 Å². The second-order valence-corrected chi connectivity index (χ2v) is 7.07. The maximum atomic E-state index is 10.6. The van der Waals surface area contributed by atoms with Gasteiger partial charge in [-0.25, -0.2) is 0 Å². The van der Waals surface area contributed by atoms with Crippen molar-refractivity contribution in [3.8, 4) is 0 Å². The number of hydrogen-bond acceptors (Lipinski definition) is 3. The lowest BCUT2D eigenvalue weighted by Crippen LogP contribution is -2.32. The molecular formula is C12H17BrClNO3S. The molecule has 0 spiro atoms. The topological polar surface area (TPSA) is 57.6 Å². The van der Waals surface area contributed by atoms with Gasteiger partial charge in [-0.15, -0.1) is 12.4 Å². The number of fused-ring (bicyclic) bond motifs is 1. The van der Waals surface area contributed by atoms with Gasteiger partial charge in [0, 0.05) is 17.6 Å². The van der Waals surface area contributed by atoms with Gasteiger partial charge in [0.05, 0.1) is 5.75 Å². The highest BCUT2D eigenvalue weighted by atomic mass is 79.9. The van der Waals surface area contributed by atoms with Gasteiger partial charge in [0.1, 0.15) is 0 Å². The van der Waals surface area contributed by atoms with Crippen molar-refractivity contribution in [1.29, 1.82) is 0 Å². The van der Waals surface area contributed by atoms with Crippen LogP contribution in [0.25, 0.3) is 0 Å². The van der Waals surface area contributed by atoms with Crippen LogP contribution in [0.3, 0.4) is 0 Å². The molecule has 0 fully saturated rings. The number of hydrogen-bond donors (Lipinski definition) is 1. The quantitative estimate of drug-likeness (QED) is 0.827. The van der Waals surface area contributed by atoms with E-state index in [2.05, 4.69) is 33.0 Å². The van der Waals surface area contributed by atoms with E-state index in [1.165, 1.54) is 11.1 Å². The molecule has 0 unspecified atom stereocenters. The third kappa shape index (κ3) is 5.39. The van der Waals surface area contributed by atoms with Crippen LogP contribution in [0.2, 0.25) is 0 Å². The molecule has 1 aromatic carbocycles. The summed E-state index contributed by atoms with van der Waals surface area (Å²) in [5, 5.41) is 0. The van der Waals surface area contributed by atoms with Crippen LogP contribution in [-0.2, 0) is 23.1 Å². The SMILES string of the molecule is Cl.O=S(=O)(O)CCCN1CCc2ccc(Br)cc2C1. The van der Waals surface area contributed by atoms with Gasteiger partial charge in [-0.05, 0) is 42.6 Å². The van der Waals surface area contributed by atoms with Crippen LogP contribution in [0.4, 0.5) is 0 Å². The highest BCUT2D eigenvalue weighted by Crippen LogP contribution is 2.22. The Labute approximate surface area is 128 Å². The molecule has 0 bridgehead atoms. The van der Waals surface area contributed by atoms with Gasteiger partial charge in [0.15, 0.2) is 0 Å². The van der Waals surface area contributed by atoms with Gasteiger partial charge in [0.2, 0.25) is 0 Å². The molecule has 1 N–H and O–H groups in total. The third-order valence-electron chi connectivity index (χ3n) is 3.14. The zero-order chi connectivity index (χ0) is 13.2. The zero-order valence-corrected chi connectivity index (χ0v) is 13.6. The Bertz CT molecular complexity index is 536. The molecule has 1 aliphatic rings. The van der Waals surface area contributed by atoms with Crippen molar-refractivity contribution in [2.75, 3.05) is 18.8 Å². The van der Waals surface area contributed by atoms with Gasteiger partial charge < -0.3 is 0 Å². The van der Waals surface area contributed by atoms with Gasteiger partial charge in [-0.3, -0.25) is 9.45 Å².